The molecule has 0 bridgehead atoms. The molecule has 33 heavy (non-hydrogen) atoms. The normalized spacial score (nSPS) is 13.1. The highest BCUT2D eigenvalue weighted by atomic mass is 127. The Kier molecular flexibility index (Phi) is 9.59. The molecule has 0 heterocycles. The molecule has 0 radical (unpaired) electrons. The van der Waals surface area contributed by atoms with Crippen molar-refractivity contribution in [3.8, 4) is 5.75 Å². The molecule has 9 nitrogen and oxygen atoms in total. The van der Waals surface area contributed by atoms with Crippen molar-refractivity contribution in [2.24, 2.45) is 0 Å². The van der Waals surface area contributed by atoms with Crippen LogP contribution in [0, 0.1) is 7.14 Å². The van der Waals surface area contributed by atoms with Crippen LogP contribution in [0.5, 0.6) is 5.75 Å². The zero-order valence-electron chi connectivity index (χ0n) is 15.9. The van der Waals surface area contributed by atoms with Crippen molar-refractivity contribution in [2.45, 2.75) is 24.5 Å². The van der Waals surface area contributed by atoms with Crippen LogP contribution in [0.1, 0.15) is 17.3 Å². The van der Waals surface area contributed by atoms with Crippen molar-refractivity contribution in [3.05, 3.63) is 37.0 Å². The number of halogens is 7. The lowest BCUT2D eigenvalue weighted by molar-refractivity contribution is -0.248. The first kappa shape index (κ1) is 29.4. The van der Waals surface area contributed by atoms with E-state index in [1.54, 1.807) is 0 Å². The minimum absolute atomic E-state index is 0.00217. The fourth-order valence-corrected chi connectivity index (χ4v) is 4.23. The number of carbonyl (C=O) groups excluding carboxylic acids is 3. The first-order valence-electron chi connectivity index (χ1n) is 7.92. The summed E-state index contributed by atoms with van der Waals surface area (Å²) < 4.78 is 110. The van der Waals surface area contributed by atoms with Crippen LogP contribution >= 0.6 is 45.2 Å². The number of hydrogen-bond donors (Lipinski definition) is 0. The van der Waals surface area contributed by atoms with Crippen LogP contribution in [0.15, 0.2) is 24.3 Å². The van der Waals surface area contributed by atoms with Crippen LogP contribution < -0.4 is 4.74 Å². The van der Waals surface area contributed by atoms with Crippen molar-refractivity contribution in [1.82, 2.24) is 0 Å². The molecule has 0 saturated carbocycles. The zero-order chi connectivity index (χ0) is 25.9. The van der Waals surface area contributed by atoms with Gasteiger partial charge in [-0.05, 0) is 64.2 Å². The molecule has 0 aliphatic heterocycles. The summed E-state index contributed by atoms with van der Waals surface area (Å²) in [5.41, 5.74) is -0.756. The van der Waals surface area contributed by atoms with E-state index in [0.29, 0.717) is 0 Å². The number of benzene rings is 1. The molecule has 0 aromatic heterocycles. The van der Waals surface area contributed by atoms with E-state index < -0.39 is 57.7 Å². The second kappa shape index (κ2) is 10.8. The van der Waals surface area contributed by atoms with Crippen LogP contribution in [0.3, 0.4) is 0 Å². The predicted molar refractivity (Wildman–Crippen MR) is 113 cm³/mol. The van der Waals surface area contributed by atoms with E-state index in [4.69, 9.17) is 4.74 Å². The predicted octanol–water partition coefficient (Wildman–Crippen LogP) is 3.15. The molecule has 0 spiro atoms. The topological polar surface area (TPSA) is 136 Å². The highest BCUT2D eigenvalue weighted by Crippen LogP contribution is 2.39. The number of hydrogen-bond acceptors (Lipinski definition) is 9. The van der Waals surface area contributed by atoms with Crippen molar-refractivity contribution in [1.29, 1.82) is 0 Å². The summed E-state index contributed by atoms with van der Waals surface area (Å²) in [7, 11) is -6.85. The monoisotopic (exact) mass is 727 g/mol. The van der Waals surface area contributed by atoms with E-state index >= 15 is 0 Å². The molecule has 0 N–H and O–H groups in total. The van der Waals surface area contributed by atoms with Gasteiger partial charge in [0.1, 0.15) is 0 Å². The highest BCUT2D eigenvalue weighted by Gasteiger charge is 2.63. The molecule has 17 heteroatoms. The molecule has 0 fully saturated rings. The van der Waals surface area contributed by atoms with Gasteiger partial charge in [-0.25, -0.2) is 22.8 Å². The molecule has 0 aliphatic rings. The summed E-state index contributed by atoms with van der Waals surface area (Å²) in [4.78, 5) is 35.1. The molecular weight excluding hydrogens is 717 g/mol. The van der Waals surface area contributed by atoms with Crippen molar-refractivity contribution in [2.75, 3.05) is 6.61 Å². The number of ether oxygens (including phenoxy) is 3. The van der Waals surface area contributed by atoms with Crippen LogP contribution in [0.4, 0.5) is 22.0 Å². The first-order valence-corrected chi connectivity index (χ1v) is 11.5. The Bertz CT molecular complexity index is 1060. The Morgan fingerprint density at radius 3 is 2.00 bits per heavy atom. The second-order valence-corrected chi connectivity index (χ2v) is 9.72. The maximum atomic E-state index is 13.5. The lowest BCUT2D eigenvalue weighted by Crippen LogP contribution is -2.52. The number of rotatable bonds is 8. The van der Waals surface area contributed by atoms with Crippen LogP contribution in [0.2, 0.25) is 0 Å². The zero-order valence-corrected chi connectivity index (χ0v) is 21.0. The van der Waals surface area contributed by atoms with Crippen LogP contribution in [-0.4, -0.2) is 55.0 Å². The van der Waals surface area contributed by atoms with E-state index in [0.717, 1.165) is 12.1 Å². The van der Waals surface area contributed by atoms with Crippen LogP contribution in [-0.2, 0) is 29.2 Å². The van der Waals surface area contributed by atoms with E-state index in [1.807, 2.05) is 0 Å². The Morgan fingerprint density at radius 2 is 1.61 bits per heavy atom. The van der Waals surface area contributed by atoms with Gasteiger partial charge in [0, 0.05) is 5.57 Å². The molecule has 1 aromatic rings. The van der Waals surface area contributed by atoms with Crippen LogP contribution in [0.25, 0.3) is 0 Å². The maximum Gasteiger partial charge on any atom is 0.432 e. The molecule has 1 unspecified atom stereocenters. The summed E-state index contributed by atoms with van der Waals surface area (Å²) in [5.74, 6) is -4.22. The van der Waals surface area contributed by atoms with Gasteiger partial charge in [0.25, 0.3) is 6.10 Å². The smallest absolute Gasteiger partial charge is 0.432 e. The second-order valence-electron chi connectivity index (χ2n) is 5.94. The first-order chi connectivity index (χ1) is 14.8. The molecule has 1 atom stereocenters. The van der Waals surface area contributed by atoms with Gasteiger partial charge in [0.05, 0.1) is 12.7 Å². The van der Waals surface area contributed by atoms with Gasteiger partial charge in [-0.1, -0.05) is 6.58 Å². The summed E-state index contributed by atoms with van der Waals surface area (Å²) in [6, 6.07) is 1.57. The fourth-order valence-electron chi connectivity index (χ4n) is 1.80. The quantitative estimate of drug-likeness (QED) is 0.0989. The van der Waals surface area contributed by atoms with Gasteiger partial charge in [-0.3, -0.25) is 0 Å². The third-order valence-electron chi connectivity index (χ3n) is 3.28. The molecule has 184 valence electrons. The average molecular weight is 727 g/mol. The Morgan fingerprint density at radius 1 is 1.12 bits per heavy atom. The van der Waals surface area contributed by atoms with E-state index in [2.05, 4.69) is 16.1 Å². The lowest BCUT2D eigenvalue weighted by Gasteiger charge is -2.29. The lowest BCUT2D eigenvalue weighted by atomic mass is 10.2. The minimum Gasteiger partial charge on any atom is -0.743 e. The van der Waals surface area contributed by atoms with E-state index in [9.17, 15) is 49.3 Å². The third kappa shape index (κ3) is 7.70. The molecule has 0 amide bonds. The molecule has 0 saturated heterocycles. The van der Waals surface area contributed by atoms with Gasteiger partial charge in [-0.2, -0.15) is 22.0 Å². The summed E-state index contributed by atoms with van der Waals surface area (Å²) in [6.07, 6.45) is -10.7. The van der Waals surface area contributed by atoms with E-state index in [1.165, 1.54) is 52.1 Å². The number of esters is 3. The number of carbonyl (C=O) groups is 3. The minimum atomic E-state index is -6.85. The Balaban J connectivity index is 3.14. The van der Waals surface area contributed by atoms with Crippen molar-refractivity contribution >= 4 is 73.2 Å². The standard InChI is InChI=1S/C16H11F5I2O9S/c1-6(2)12(25)30-5-10(24)31-11-8(22)3-7(4-9(11)23)13(26)32-14(15(17,18)19)16(20,21)33(27,28)29/h3-4,14H,1,5H2,2H3,(H,27,28,29)/p-1. The summed E-state index contributed by atoms with van der Waals surface area (Å²) in [5, 5.41) is -6.00. The molecular formula is C16H10F5I2O9S-. The van der Waals surface area contributed by atoms with E-state index in [-0.39, 0.29) is 18.5 Å². The largest absolute Gasteiger partial charge is 0.743 e. The number of alkyl halides is 5. The summed E-state index contributed by atoms with van der Waals surface area (Å²) in [6.45, 7) is 3.79. The average Bonchev–Trinajstić information content (AvgIpc) is 2.64. The molecule has 1 aromatic carbocycles. The van der Waals surface area contributed by atoms with Gasteiger partial charge in [0.15, 0.2) is 22.5 Å². The van der Waals surface area contributed by atoms with Crippen molar-refractivity contribution in [3.63, 3.8) is 0 Å². The Labute approximate surface area is 209 Å². The molecule has 1 rings (SSSR count). The molecule has 0 aliphatic carbocycles. The van der Waals surface area contributed by atoms with Gasteiger partial charge in [0.2, 0.25) is 0 Å². The summed E-state index contributed by atoms with van der Waals surface area (Å²) >= 11 is 2.96. The van der Waals surface area contributed by atoms with Gasteiger partial charge < -0.3 is 18.8 Å². The SMILES string of the molecule is C=C(C)C(=O)OCC(=O)Oc1c(I)cc(C(=O)OC(C(F)(F)F)C(F)(F)S(=O)(=O)[O-])cc1I. The fraction of sp³-hybridized carbons (Fsp3) is 0.312. The van der Waals surface area contributed by atoms with Crippen molar-refractivity contribution < 1.29 is 63.5 Å². The Hall–Kier alpha value is -1.61. The third-order valence-corrected chi connectivity index (χ3v) is 5.76. The highest BCUT2D eigenvalue weighted by molar-refractivity contribution is 14.1. The van der Waals surface area contributed by atoms with Gasteiger partial charge >= 0.3 is 29.3 Å². The van der Waals surface area contributed by atoms with Gasteiger partial charge in [-0.15, -0.1) is 0 Å². The maximum absolute atomic E-state index is 13.5.